The van der Waals surface area contributed by atoms with E-state index >= 15 is 0 Å². The van der Waals surface area contributed by atoms with E-state index in [0.29, 0.717) is 0 Å². The second-order valence-electron chi connectivity index (χ2n) is 6.77. The van der Waals surface area contributed by atoms with Gasteiger partial charge in [0.25, 0.3) is 0 Å². The summed E-state index contributed by atoms with van der Waals surface area (Å²) >= 11 is 0. The van der Waals surface area contributed by atoms with E-state index in [9.17, 15) is 8.42 Å². The highest BCUT2D eigenvalue weighted by Gasteiger charge is 2.24. The lowest BCUT2D eigenvalue weighted by atomic mass is 10.1. The van der Waals surface area contributed by atoms with E-state index < -0.39 is 10.0 Å². The number of nitrogens with one attached hydrogen (secondary N) is 2. The molecule has 0 radical (unpaired) electrons. The summed E-state index contributed by atoms with van der Waals surface area (Å²) in [6.45, 7) is 0. The van der Waals surface area contributed by atoms with Gasteiger partial charge in [0.05, 0.1) is 23.0 Å². The maximum absolute atomic E-state index is 12.3. The number of fused-ring (bicyclic) bond motifs is 1. The average Bonchev–Trinajstić information content (AvgIpc) is 3.28. The molecule has 1 atom stereocenters. The minimum absolute atomic E-state index is 0.204. The molecule has 4 rings (SSSR count). The first-order valence-electron chi connectivity index (χ1n) is 8.88. The largest absolute Gasteiger partial charge is 0.378 e. The van der Waals surface area contributed by atoms with Crippen LogP contribution in [0, 0.1) is 0 Å². The van der Waals surface area contributed by atoms with E-state index in [1.807, 2.05) is 23.9 Å². The molecule has 0 spiro atoms. The number of aromatic nitrogens is 2. The highest BCUT2D eigenvalue weighted by Crippen LogP contribution is 2.37. The topological polar surface area (TPSA) is 76.0 Å². The van der Waals surface area contributed by atoms with Gasteiger partial charge in [0.1, 0.15) is 0 Å². The van der Waals surface area contributed by atoms with Crippen LogP contribution in [0.2, 0.25) is 0 Å². The third-order valence-electron chi connectivity index (χ3n) is 5.01. The van der Waals surface area contributed by atoms with Crippen molar-refractivity contribution in [2.45, 2.75) is 23.8 Å². The lowest BCUT2D eigenvalue weighted by Gasteiger charge is -2.19. The van der Waals surface area contributed by atoms with E-state index in [4.69, 9.17) is 0 Å². The Hall–Kier alpha value is -2.64. The van der Waals surface area contributed by atoms with Gasteiger partial charge in [-0.05, 0) is 49.2 Å². The molecular weight excluding hydrogens is 360 g/mol. The monoisotopic (exact) mass is 382 g/mol. The molecule has 1 aromatic heterocycles. The minimum Gasteiger partial charge on any atom is -0.378 e. The lowest BCUT2D eigenvalue weighted by Crippen LogP contribution is -2.18. The third kappa shape index (κ3) is 3.36. The van der Waals surface area contributed by atoms with E-state index in [2.05, 4.69) is 39.3 Å². The van der Waals surface area contributed by atoms with Crippen molar-refractivity contribution >= 4 is 15.7 Å². The van der Waals surface area contributed by atoms with Gasteiger partial charge in [-0.2, -0.15) is 0 Å². The highest BCUT2D eigenvalue weighted by molar-refractivity contribution is 7.89. The molecular formula is C20H22N4O2S. The summed E-state index contributed by atoms with van der Waals surface area (Å²) in [5, 5.41) is 3.61. The first-order chi connectivity index (χ1) is 13.0. The van der Waals surface area contributed by atoms with Crippen molar-refractivity contribution in [1.82, 2.24) is 14.3 Å². The van der Waals surface area contributed by atoms with Gasteiger partial charge in [-0.1, -0.05) is 24.3 Å². The molecule has 1 heterocycles. The van der Waals surface area contributed by atoms with Crippen LogP contribution >= 0.6 is 0 Å². The number of hydrogen-bond donors (Lipinski definition) is 2. The zero-order chi connectivity index (χ0) is 19.0. The Morgan fingerprint density at radius 1 is 1.19 bits per heavy atom. The predicted molar refractivity (Wildman–Crippen MR) is 106 cm³/mol. The molecule has 0 aliphatic heterocycles. The molecule has 0 fully saturated rings. The van der Waals surface area contributed by atoms with Crippen molar-refractivity contribution in [2.75, 3.05) is 12.4 Å². The van der Waals surface area contributed by atoms with Crippen LogP contribution in [0.3, 0.4) is 0 Å². The molecule has 0 saturated carbocycles. The fourth-order valence-corrected chi connectivity index (χ4v) is 4.35. The molecule has 1 aliphatic rings. The lowest BCUT2D eigenvalue weighted by molar-refractivity contribution is 0.588. The molecule has 1 aliphatic carbocycles. The normalized spacial score (nSPS) is 16.3. The Balaban J connectivity index is 1.76. The summed E-state index contributed by atoms with van der Waals surface area (Å²) < 4.78 is 28.7. The van der Waals surface area contributed by atoms with Crippen LogP contribution in [-0.2, 0) is 23.5 Å². The molecule has 7 heteroatoms. The summed E-state index contributed by atoms with van der Waals surface area (Å²) in [6.07, 6.45) is 5.65. The first kappa shape index (κ1) is 17.8. The predicted octanol–water partition coefficient (Wildman–Crippen LogP) is 3.09. The van der Waals surface area contributed by atoms with Crippen molar-refractivity contribution < 1.29 is 8.42 Å². The van der Waals surface area contributed by atoms with Crippen molar-refractivity contribution in [2.24, 2.45) is 7.05 Å². The Morgan fingerprint density at radius 2 is 2.00 bits per heavy atom. The van der Waals surface area contributed by atoms with Crippen molar-refractivity contribution in [3.63, 3.8) is 0 Å². The van der Waals surface area contributed by atoms with Crippen LogP contribution in [0.15, 0.2) is 59.9 Å². The zero-order valence-corrected chi connectivity index (χ0v) is 16.1. The second kappa shape index (κ2) is 6.83. The standard InChI is InChI=1S/C20H22N4O2S/c1-21-27(25,26)15-8-10-19(17(11-15)20-12-24(2)13-22-20)23-18-9-7-14-5-3-4-6-16(14)18/h3-6,8,10-13,18,21,23H,7,9H2,1-2H3. The molecule has 140 valence electrons. The Morgan fingerprint density at radius 3 is 2.74 bits per heavy atom. The summed E-state index contributed by atoms with van der Waals surface area (Å²) in [4.78, 5) is 4.65. The Kier molecular flexibility index (Phi) is 4.49. The van der Waals surface area contributed by atoms with Gasteiger partial charge in [-0.25, -0.2) is 18.1 Å². The van der Waals surface area contributed by atoms with E-state index in [1.54, 1.807) is 18.5 Å². The molecule has 6 nitrogen and oxygen atoms in total. The Labute approximate surface area is 159 Å². The number of imidazole rings is 1. The number of hydrogen-bond acceptors (Lipinski definition) is 4. The van der Waals surface area contributed by atoms with Gasteiger partial charge in [-0.15, -0.1) is 0 Å². The van der Waals surface area contributed by atoms with Gasteiger partial charge in [0, 0.05) is 24.5 Å². The zero-order valence-electron chi connectivity index (χ0n) is 15.3. The van der Waals surface area contributed by atoms with E-state index in [0.717, 1.165) is 29.8 Å². The molecule has 0 amide bonds. The maximum Gasteiger partial charge on any atom is 0.240 e. The SMILES string of the molecule is CNS(=O)(=O)c1ccc(NC2CCc3ccccc32)c(-c2cn(C)cn2)c1. The number of benzene rings is 2. The summed E-state index contributed by atoms with van der Waals surface area (Å²) in [5.41, 5.74) is 5.06. The molecule has 2 aromatic carbocycles. The van der Waals surface area contributed by atoms with Crippen LogP contribution in [0.25, 0.3) is 11.3 Å². The second-order valence-corrected chi connectivity index (χ2v) is 8.66. The molecule has 0 bridgehead atoms. The number of nitrogens with zero attached hydrogens (tertiary/aromatic N) is 2. The number of sulfonamides is 1. The Bertz CT molecular complexity index is 1090. The molecule has 3 aromatic rings. The van der Waals surface area contributed by atoms with Crippen LogP contribution in [0.1, 0.15) is 23.6 Å². The summed E-state index contributed by atoms with van der Waals surface area (Å²) in [5.74, 6) is 0. The van der Waals surface area contributed by atoms with Crippen LogP contribution in [-0.4, -0.2) is 25.0 Å². The minimum atomic E-state index is -3.53. The van der Waals surface area contributed by atoms with Gasteiger partial charge in [-0.3, -0.25) is 0 Å². The molecule has 27 heavy (non-hydrogen) atoms. The van der Waals surface area contributed by atoms with Crippen molar-refractivity contribution in [3.05, 3.63) is 66.1 Å². The number of anilines is 1. The smallest absolute Gasteiger partial charge is 0.240 e. The quantitative estimate of drug-likeness (QED) is 0.711. The van der Waals surface area contributed by atoms with Gasteiger partial charge in [0.15, 0.2) is 0 Å². The van der Waals surface area contributed by atoms with Crippen LogP contribution in [0.4, 0.5) is 5.69 Å². The fourth-order valence-electron chi connectivity index (χ4n) is 3.59. The first-order valence-corrected chi connectivity index (χ1v) is 10.4. The molecule has 2 N–H and O–H groups in total. The fraction of sp³-hybridized carbons (Fsp3) is 0.250. The van der Waals surface area contributed by atoms with Crippen molar-refractivity contribution in [1.29, 1.82) is 0 Å². The molecule has 0 saturated heterocycles. The van der Waals surface area contributed by atoms with E-state index in [1.165, 1.54) is 18.2 Å². The van der Waals surface area contributed by atoms with Gasteiger partial charge >= 0.3 is 0 Å². The highest BCUT2D eigenvalue weighted by atomic mass is 32.2. The van der Waals surface area contributed by atoms with Gasteiger partial charge < -0.3 is 9.88 Å². The van der Waals surface area contributed by atoms with Crippen LogP contribution < -0.4 is 10.0 Å². The number of rotatable bonds is 5. The maximum atomic E-state index is 12.3. The van der Waals surface area contributed by atoms with Crippen LogP contribution in [0.5, 0.6) is 0 Å². The third-order valence-corrected chi connectivity index (χ3v) is 6.43. The summed E-state index contributed by atoms with van der Waals surface area (Å²) in [7, 11) is -0.219. The summed E-state index contributed by atoms with van der Waals surface area (Å²) in [6, 6.07) is 13.8. The van der Waals surface area contributed by atoms with Crippen molar-refractivity contribution in [3.8, 4) is 11.3 Å². The van der Waals surface area contributed by atoms with E-state index in [-0.39, 0.29) is 10.9 Å². The molecule has 1 unspecified atom stereocenters. The van der Waals surface area contributed by atoms with Gasteiger partial charge in [0.2, 0.25) is 10.0 Å². The number of aryl methyl sites for hydroxylation is 2. The average molecular weight is 382 g/mol.